The summed E-state index contributed by atoms with van der Waals surface area (Å²) in [6, 6.07) is 30.5. The van der Waals surface area contributed by atoms with Crippen LogP contribution in [0.4, 0.5) is 39.0 Å². The Bertz CT molecular complexity index is 3800. The van der Waals surface area contributed by atoms with E-state index in [2.05, 4.69) is 120 Å². The van der Waals surface area contributed by atoms with Crippen LogP contribution in [0.15, 0.2) is 166 Å². The van der Waals surface area contributed by atoms with E-state index in [0.717, 1.165) is 73.6 Å². The molecule has 10 rings (SSSR count). The van der Waals surface area contributed by atoms with Crippen molar-refractivity contribution in [3.63, 3.8) is 0 Å². The van der Waals surface area contributed by atoms with Crippen LogP contribution in [0.5, 0.6) is 0 Å². The van der Waals surface area contributed by atoms with Crippen LogP contribution in [0.3, 0.4) is 0 Å². The van der Waals surface area contributed by atoms with Crippen molar-refractivity contribution in [1.29, 1.82) is 0 Å². The van der Waals surface area contributed by atoms with Gasteiger partial charge in [-0.2, -0.15) is 10.2 Å². The molecule has 0 atom stereocenters. The number of aliphatic hydroxyl groups excluding tert-OH is 3. The van der Waals surface area contributed by atoms with Crippen LogP contribution in [0, 0.1) is 5.82 Å². The number of anilines is 6. The number of rotatable bonds is 20. The van der Waals surface area contributed by atoms with Crippen LogP contribution in [0.2, 0.25) is 0 Å². The van der Waals surface area contributed by atoms with Gasteiger partial charge in [-0.05, 0) is 95.0 Å². The summed E-state index contributed by atoms with van der Waals surface area (Å²) >= 11 is 0. The van der Waals surface area contributed by atoms with Crippen LogP contribution in [-0.4, -0.2) is 124 Å². The number of halogens is 1. The van der Waals surface area contributed by atoms with E-state index in [0.29, 0.717) is 25.5 Å². The van der Waals surface area contributed by atoms with Gasteiger partial charge in [-0.3, -0.25) is 18.6 Å². The van der Waals surface area contributed by atoms with Gasteiger partial charge in [-0.1, -0.05) is 48.5 Å². The molecule has 2 aromatic carbocycles. The summed E-state index contributed by atoms with van der Waals surface area (Å²) in [6.07, 6.45) is 21.0. The minimum atomic E-state index is -0.417. The van der Waals surface area contributed by atoms with Crippen molar-refractivity contribution in [2.45, 2.75) is 78.2 Å². The Hall–Kier alpha value is -7.18. The molecular formula is C64H82FK2N19O7. The number of aromatic nitrogens is 12. The second kappa shape index (κ2) is 40.8. The maximum atomic E-state index is 12.0. The topological polar surface area (TPSA) is 376 Å². The van der Waals surface area contributed by atoms with E-state index >= 15 is 0 Å². The van der Waals surface area contributed by atoms with E-state index < -0.39 is 11.1 Å². The van der Waals surface area contributed by atoms with Crippen molar-refractivity contribution in [2.75, 3.05) is 59.2 Å². The summed E-state index contributed by atoms with van der Waals surface area (Å²) in [4.78, 5) is 40.5. The number of carbonyl (C=O) groups excluding carboxylic acids is 1. The zero-order valence-electron chi connectivity index (χ0n) is 55.4. The average Bonchev–Trinajstić information content (AvgIpc) is 1.63. The molecule has 8 aromatic heterocycles. The number of hydrogen-bond acceptors (Lipinski definition) is 23. The van der Waals surface area contributed by atoms with E-state index in [9.17, 15) is 9.50 Å². The number of fused-ring (bicyclic) bond motifs is 1. The normalized spacial score (nSPS) is 10.7. The molecule has 0 aliphatic rings. The number of aliphatic hydroxyl groups is 3. The third kappa shape index (κ3) is 29.8. The number of nitrogens with two attached hydrogens (primary N) is 3. The Morgan fingerprint density at radius 2 is 1.13 bits per heavy atom. The van der Waals surface area contributed by atoms with E-state index in [1.807, 2.05) is 121 Å². The quantitative estimate of drug-likeness (QED) is 0.0169. The van der Waals surface area contributed by atoms with Gasteiger partial charge in [0, 0.05) is 117 Å². The zero-order valence-corrected chi connectivity index (χ0v) is 60.7. The molecule has 0 spiro atoms. The molecule has 0 bridgehead atoms. The van der Waals surface area contributed by atoms with Crippen LogP contribution in [0.1, 0.15) is 66.7 Å². The number of carbonyl (C=O) groups is 1. The molecule has 8 heterocycles. The molecule has 0 saturated carbocycles. The van der Waals surface area contributed by atoms with Gasteiger partial charge < -0.3 is 70.1 Å². The minimum Gasteiger partial charge on any atom is -1.00 e. The maximum Gasteiger partial charge on any atom is 1.00 e. The van der Waals surface area contributed by atoms with Gasteiger partial charge in [0.15, 0.2) is 0 Å². The zero-order chi connectivity index (χ0) is 66.4. The number of nitrogens with zero attached hydrogens (tertiary/aromatic N) is 12. The fourth-order valence-electron chi connectivity index (χ4n) is 7.58. The second-order valence-corrected chi connectivity index (χ2v) is 22.1. The van der Waals surface area contributed by atoms with Gasteiger partial charge in [0.2, 0.25) is 0 Å². The second-order valence-electron chi connectivity index (χ2n) is 22.1. The Morgan fingerprint density at radius 1 is 0.634 bits per heavy atom. The molecule has 0 saturated heterocycles. The van der Waals surface area contributed by atoms with Crippen LogP contribution in [0.25, 0.3) is 45.4 Å². The third-order valence-electron chi connectivity index (χ3n) is 12.3. The molecule has 0 unspecified atom stereocenters. The molecule has 0 radical (unpaired) electrons. The van der Waals surface area contributed by atoms with Crippen molar-refractivity contribution in [3.8, 4) is 33.6 Å². The molecule has 484 valence electrons. The third-order valence-corrected chi connectivity index (χ3v) is 12.3. The number of hydrogen-bond donors (Lipinski definition) is 10. The largest absolute Gasteiger partial charge is 1.00 e. The van der Waals surface area contributed by atoms with E-state index in [-0.39, 0.29) is 148 Å². The molecule has 29 heteroatoms. The Balaban J connectivity index is 0.000000442. The number of benzene rings is 2. The molecular weight excluding hydrogens is 1240 g/mol. The standard InChI is InChI=1S/C26H28N8O.C19H21N5O.C9H15N3O.C5H5FN2.C4H11NO.CH2O3.2K.H/c1-26(2,16-35)32-21-8-9-34-23(14-28-25(34)10-21)22-11-24(30-17-29-22)27-12-18-4-6-19(7-5-18)20-13-31-33(3)15-20;1-3-25-9-8-18-10-19(22-14-21-18)20-11-15-4-6-16(7-5-15)17-12-23-24(2)13-17;1-9(2,6-13)12-7-3-4-11-8(10)5-7;6-4-1-2-8-5(7)3-4;1-4(2,5)3-6;2-1-4-3;;;/h4-11,13-15,17,32,35H,12,16H2,1-3H3,(H,27,29,30);4-10,12-14H,3,11H2,1-2H3,(H,20,21,22);3-5,13H,6H2,1-2H3,(H3,10,11,12);1-3H,(H2,7,8);6H,3,5H2,1-2H3;1,3H;;;/q;;;;;;2*+1;-1/p-1/b;9-8+;;;;;;;. The molecule has 93 heavy (non-hydrogen) atoms. The molecule has 10 aromatic rings. The maximum absolute atomic E-state index is 12.0. The Morgan fingerprint density at radius 3 is 1.57 bits per heavy atom. The van der Waals surface area contributed by atoms with Crippen molar-refractivity contribution in [1.82, 2.24) is 58.8 Å². The minimum absolute atomic E-state index is 0. The number of nitrogens with one attached hydrogen (secondary N) is 4. The van der Waals surface area contributed by atoms with Gasteiger partial charge in [0.05, 0.1) is 79.4 Å². The van der Waals surface area contributed by atoms with Crippen molar-refractivity contribution >= 4 is 52.8 Å². The summed E-state index contributed by atoms with van der Waals surface area (Å²) < 4.78 is 22.8. The smallest absolute Gasteiger partial charge is 1.00 e. The first-order valence-corrected chi connectivity index (χ1v) is 28.5. The number of aryl methyl sites for hydroxylation is 2. The summed E-state index contributed by atoms with van der Waals surface area (Å²) in [7, 11) is 3.83. The number of ether oxygens (including phenoxy) is 1. The number of imidazole rings is 1. The monoisotopic (exact) mass is 1330 g/mol. The number of pyridine rings is 3. The summed E-state index contributed by atoms with van der Waals surface area (Å²) in [5.41, 5.74) is 26.6. The molecule has 13 N–H and O–H groups in total. The molecule has 26 nitrogen and oxygen atoms in total. The molecule has 0 fully saturated rings. The van der Waals surface area contributed by atoms with Crippen molar-refractivity contribution in [2.24, 2.45) is 19.8 Å². The van der Waals surface area contributed by atoms with Gasteiger partial charge in [0.1, 0.15) is 47.4 Å². The predicted molar refractivity (Wildman–Crippen MR) is 351 cm³/mol. The average molecular weight is 1330 g/mol. The van der Waals surface area contributed by atoms with E-state index in [1.165, 1.54) is 23.9 Å². The van der Waals surface area contributed by atoms with Gasteiger partial charge in [-0.25, -0.2) is 39.3 Å². The summed E-state index contributed by atoms with van der Waals surface area (Å²) in [5, 5.41) is 56.8. The Labute approximate surface area is 627 Å². The van der Waals surface area contributed by atoms with Gasteiger partial charge in [0.25, 0.3) is 6.47 Å². The first-order valence-electron chi connectivity index (χ1n) is 28.5. The van der Waals surface area contributed by atoms with Crippen LogP contribution >= 0.6 is 0 Å². The van der Waals surface area contributed by atoms with Gasteiger partial charge in [-0.15, -0.1) is 0 Å². The van der Waals surface area contributed by atoms with Gasteiger partial charge >= 0.3 is 103 Å². The van der Waals surface area contributed by atoms with Crippen molar-refractivity contribution < 1.29 is 144 Å². The van der Waals surface area contributed by atoms with Crippen LogP contribution < -0.4 is 146 Å². The van der Waals surface area contributed by atoms with Crippen molar-refractivity contribution in [3.05, 3.63) is 188 Å². The summed E-state index contributed by atoms with van der Waals surface area (Å²) in [6.45, 7) is 15.1. The SMILES string of the molecule is CC(C)(CO)Nc1ccnc(N)c1.CC(C)(N)CO.CCO/C=C/c1cc(NCc2ccc(-c3cnn(C)c3)cc2)ncn1.Cn1cc(-c2ccc(CNc3cc(-c4cnc5cc(NC(C)(C)CO)ccn45)ncn3)cc2)cn1.Nc1cc(F)ccn1.O=CO[O-].[H-].[K+].[K+]. The Kier molecular flexibility index (Phi) is 35.1. The first-order chi connectivity index (χ1) is 43.4. The van der Waals surface area contributed by atoms with E-state index in [1.54, 1.807) is 60.6 Å². The number of nitrogen functional groups attached to an aromatic ring is 2. The predicted octanol–water partition coefficient (Wildman–Crippen LogP) is 1.40. The molecule has 0 aliphatic carbocycles. The van der Waals surface area contributed by atoms with E-state index in [4.69, 9.17) is 42.2 Å². The fraction of sp³-hybridized carbons (Fsp3) is 0.281. The molecule has 0 amide bonds. The first kappa shape index (κ1) is 80.1. The molecule has 0 aliphatic heterocycles. The van der Waals surface area contributed by atoms with Crippen LogP contribution in [-0.2, 0) is 41.6 Å². The fourth-order valence-corrected chi connectivity index (χ4v) is 7.58. The summed E-state index contributed by atoms with van der Waals surface area (Å²) in [5.74, 6) is 1.85.